The summed E-state index contributed by atoms with van der Waals surface area (Å²) in [5.74, 6) is 7.24. The van der Waals surface area contributed by atoms with Crippen molar-refractivity contribution in [2.75, 3.05) is 7.05 Å². The van der Waals surface area contributed by atoms with Gasteiger partial charge < -0.3 is 5.32 Å². The summed E-state index contributed by atoms with van der Waals surface area (Å²) < 4.78 is 0. The van der Waals surface area contributed by atoms with E-state index in [-0.39, 0.29) is 16.4 Å². The summed E-state index contributed by atoms with van der Waals surface area (Å²) in [6, 6.07) is 0. The molecular formula is C20H39N. The van der Waals surface area contributed by atoms with Crippen LogP contribution in [0, 0.1) is 28.1 Å². The third-order valence-electron chi connectivity index (χ3n) is 4.62. The zero-order valence-corrected chi connectivity index (χ0v) is 16.3. The molecule has 0 aromatic rings. The first-order valence-electron chi connectivity index (χ1n) is 8.54. The number of hydrogen-bond donors (Lipinski definition) is 1. The second-order valence-corrected chi connectivity index (χ2v) is 9.13. The molecule has 2 unspecified atom stereocenters. The first-order valence-corrected chi connectivity index (χ1v) is 8.54. The lowest BCUT2D eigenvalue weighted by atomic mass is 9.73. The number of rotatable bonds is 6. The van der Waals surface area contributed by atoms with Gasteiger partial charge in [0.05, 0.1) is 0 Å². The van der Waals surface area contributed by atoms with Gasteiger partial charge >= 0.3 is 0 Å². The monoisotopic (exact) mass is 293 g/mol. The minimum atomic E-state index is 0.0803. The topological polar surface area (TPSA) is 12.0 Å². The van der Waals surface area contributed by atoms with Crippen molar-refractivity contribution in [2.24, 2.45) is 16.2 Å². The van der Waals surface area contributed by atoms with E-state index in [1.165, 1.54) is 0 Å². The Morgan fingerprint density at radius 1 is 0.762 bits per heavy atom. The molecule has 1 heteroatoms. The minimum absolute atomic E-state index is 0.0803. The molecule has 0 heterocycles. The molecule has 0 aromatic carbocycles. The van der Waals surface area contributed by atoms with Crippen LogP contribution < -0.4 is 5.32 Å². The SMILES string of the molecule is CCC(C)(C#CC(C)(C)CC(C)(C)C)CC(C)(CC)NC. The Kier molecular flexibility index (Phi) is 7.02. The van der Waals surface area contributed by atoms with Gasteiger partial charge in [-0.1, -0.05) is 46.5 Å². The lowest BCUT2D eigenvalue weighted by molar-refractivity contribution is 0.238. The Hall–Kier alpha value is -0.480. The van der Waals surface area contributed by atoms with E-state index in [0.29, 0.717) is 5.41 Å². The van der Waals surface area contributed by atoms with Crippen LogP contribution in [0.15, 0.2) is 0 Å². The molecular weight excluding hydrogens is 254 g/mol. The van der Waals surface area contributed by atoms with Crippen molar-refractivity contribution in [1.29, 1.82) is 0 Å². The summed E-state index contributed by atoms with van der Waals surface area (Å²) in [6.07, 6.45) is 4.46. The molecule has 0 amide bonds. The maximum Gasteiger partial charge on any atom is 0.0301 e. The molecule has 0 aliphatic carbocycles. The smallest absolute Gasteiger partial charge is 0.0301 e. The van der Waals surface area contributed by atoms with Crippen molar-refractivity contribution in [3.8, 4) is 11.8 Å². The van der Waals surface area contributed by atoms with Crippen LogP contribution in [0.25, 0.3) is 0 Å². The second kappa shape index (κ2) is 7.19. The standard InChI is InChI=1S/C20H39N/c1-11-19(8,16-20(9,12-2)21-10)14-13-18(6,7)15-17(3,4)5/h21H,11-12,15-16H2,1-10H3. The Bertz CT molecular complexity index is 371. The summed E-state index contributed by atoms with van der Waals surface area (Å²) in [5, 5.41) is 3.49. The largest absolute Gasteiger partial charge is 0.314 e. The Morgan fingerprint density at radius 2 is 1.29 bits per heavy atom. The molecule has 0 aliphatic heterocycles. The van der Waals surface area contributed by atoms with E-state index in [1.54, 1.807) is 0 Å². The van der Waals surface area contributed by atoms with Crippen molar-refractivity contribution in [2.45, 2.75) is 93.5 Å². The maximum atomic E-state index is 3.64. The molecule has 21 heavy (non-hydrogen) atoms. The van der Waals surface area contributed by atoms with Crippen molar-refractivity contribution >= 4 is 0 Å². The molecule has 2 atom stereocenters. The van der Waals surface area contributed by atoms with Gasteiger partial charge in [0.2, 0.25) is 0 Å². The fourth-order valence-electron chi connectivity index (χ4n) is 3.20. The first kappa shape index (κ1) is 20.5. The molecule has 0 spiro atoms. The molecule has 0 radical (unpaired) electrons. The van der Waals surface area contributed by atoms with Crippen LogP contribution in [-0.2, 0) is 0 Å². The van der Waals surface area contributed by atoms with E-state index < -0.39 is 0 Å². The average molecular weight is 294 g/mol. The fraction of sp³-hybridized carbons (Fsp3) is 0.900. The van der Waals surface area contributed by atoms with E-state index >= 15 is 0 Å². The van der Waals surface area contributed by atoms with Gasteiger partial charge in [-0.25, -0.2) is 0 Å². The fourth-order valence-corrected chi connectivity index (χ4v) is 3.20. The Morgan fingerprint density at radius 3 is 1.62 bits per heavy atom. The number of nitrogens with one attached hydrogen (secondary N) is 1. The van der Waals surface area contributed by atoms with Gasteiger partial charge in [-0.05, 0) is 65.8 Å². The van der Waals surface area contributed by atoms with Gasteiger partial charge in [-0.15, -0.1) is 0 Å². The van der Waals surface area contributed by atoms with Gasteiger partial charge in [0.25, 0.3) is 0 Å². The predicted octanol–water partition coefficient (Wildman–Crippen LogP) is 5.65. The lowest BCUT2D eigenvalue weighted by Gasteiger charge is -2.36. The molecule has 1 nitrogen and oxygen atoms in total. The molecule has 0 aromatic heterocycles. The van der Waals surface area contributed by atoms with Crippen LogP contribution in [0.4, 0.5) is 0 Å². The Balaban J connectivity index is 5.19. The third-order valence-corrected chi connectivity index (χ3v) is 4.62. The van der Waals surface area contributed by atoms with Gasteiger partial charge in [0.15, 0.2) is 0 Å². The van der Waals surface area contributed by atoms with Crippen LogP contribution in [0.3, 0.4) is 0 Å². The lowest BCUT2D eigenvalue weighted by Crippen LogP contribution is -2.43. The van der Waals surface area contributed by atoms with Crippen molar-refractivity contribution in [3.05, 3.63) is 0 Å². The molecule has 0 saturated carbocycles. The van der Waals surface area contributed by atoms with Crippen LogP contribution in [0.5, 0.6) is 0 Å². The van der Waals surface area contributed by atoms with Crippen LogP contribution in [0.2, 0.25) is 0 Å². The second-order valence-electron chi connectivity index (χ2n) is 9.13. The van der Waals surface area contributed by atoms with Crippen molar-refractivity contribution in [1.82, 2.24) is 5.32 Å². The molecule has 0 bridgehead atoms. The Labute approximate surface area is 134 Å². The average Bonchev–Trinajstić information content (AvgIpc) is 2.34. The van der Waals surface area contributed by atoms with Crippen molar-refractivity contribution in [3.63, 3.8) is 0 Å². The highest BCUT2D eigenvalue weighted by Gasteiger charge is 2.31. The zero-order chi connectivity index (χ0) is 16.9. The summed E-state index contributed by atoms with van der Waals surface area (Å²) >= 11 is 0. The van der Waals surface area contributed by atoms with Gasteiger partial charge in [-0.3, -0.25) is 0 Å². The molecule has 0 fully saturated rings. The first-order chi connectivity index (χ1) is 9.30. The third kappa shape index (κ3) is 7.91. The van der Waals surface area contributed by atoms with Crippen molar-refractivity contribution < 1.29 is 0 Å². The molecule has 0 saturated heterocycles. The summed E-state index contributed by atoms with van der Waals surface area (Å²) in [6.45, 7) is 20.6. The summed E-state index contributed by atoms with van der Waals surface area (Å²) in [5.41, 5.74) is 0.664. The van der Waals surface area contributed by atoms with E-state index in [1.807, 2.05) is 0 Å². The molecule has 0 rings (SSSR count). The highest BCUT2D eigenvalue weighted by molar-refractivity contribution is 5.17. The normalized spacial score (nSPS) is 18.4. The predicted molar refractivity (Wildman–Crippen MR) is 96.4 cm³/mol. The van der Waals surface area contributed by atoms with Crippen LogP contribution >= 0.6 is 0 Å². The summed E-state index contributed by atoms with van der Waals surface area (Å²) in [7, 11) is 2.07. The maximum absolute atomic E-state index is 3.64. The highest BCUT2D eigenvalue weighted by Crippen LogP contribution is 2.36. The van der Waals surface area contributed by atoms with E-state index in [9.17, 15) is 0 Å². The van der Waals surface area contributed by atoms with Crippen LogP contribution in [-0.4, -0.2) is 12.6 Å². The zero-order valence-electron chi connectivity index (χ0n) is 16.3. The van der Waals surface area contributed by atoms with E-state index in [4.69, 9.17) is 0 Å². The number of hydrogen-bond acceptors (Lipinski definition) is 1. The quantitative estimate of drug-likeness (QED) is 0.624. The molecule has 1 N–H and O–H groups in total. The van der Waals surface area contributed by atoms with E-state index in [2.05, 4.69) is 86.5 Å². The van der Waals surface area contributed by atoms with Gasteiger partial charge in [0, 0.05) is 16.4 Å². The van der Waals surface area contributed by atoms with Gasteiger partial charge in [0.1, 0.15) is 0 Å². The summed E-state index contributed by atoms with van der Waals surface area (Å²) in [4.78, 5) is 0. The molecule has 0 aliphatic rings. The highest BCUT2D eigenvalue weighted by atomic mass is 14.9. The molecule has 124 valence electrons. The minimum Gasteiger partial charge on any atom is -0.314 e. The van der Waals surface area contributed by atoms with E-state index in [0.717, 1.165) is 25.7 Å². The van der Waals surface area contributed by atoms with Crippen LogP contribution in [0.1, 0.15) is 88.0 Å². The van der Waals surface area contributed by atoms with Gasteiger partial charge in [-0.2, -0.15) is 0 Å².